The largest absolute Gasteiger partial charge is 0.118 e. The molecule has 0 bridgehead atoms. The fraction of sp³-hybridized carbons (Fsp3) is 0.600. The number of hydrogen-bond acceptors (Lipinski definition) is 0. The van der Waals surface area contributed by atoms with E-state index in [4.69, 9.17) is 23.2 Å². The first-order chi connectivity index (χ1) is 3.22. The molecule has 0 heterocycles. The molecule has 2 heteroatoms. The van der Waals surface area contributed by atoms with E-state index in [1.165, 1.54) is 0 Å². The number of allylic oxidation sites excluding steroid dienone is 2. The molecule has 0 radical (unpaired) electrons. The minimum Gasteiger partial charge on any atom is -0.118 e. The van der Waals surface area contributed by atoms with Crippen LogP contribution in [0.15, 0.2) is 10.6 Å². The van der Waals surface area contributed by atoms with Gasteiger partial charge in [0.05, 0.1) is 5.38 Å². The van der Waals surface area contributed by atoms with Crippen molar-refractivity contribution >= 4 is 23.2 Å². The first kappa shape index (κ1) is 5.46. The Bertz CT molecular complexity index is 115. The van der Waals surface area contributed by atoms with E-state index in [0.717, 1.165) is 17.0 Å². The van der Waals surface area contributed by atoms with Crippen molar-refractivity contribution in [2.24, 2.45) is 0 Å². The summed E-state index contributed by atoms with van der Waals surface area (Å²) in [5, 5.41) is 1.17. The zero-order chi connectivity index (χ0) is 5.44. The van der Waals surface area contributed by atoms with Crippen LogP contribution in [0.5, 0.6) is 0 Å². The van der Waals surface area contributed by atoms with Crippen molar-refractivity contribution in [3.63, 3.8) is 0 Å². The number of halogens is 2. The average molecular weight is 137 g/mol. The zero-order valence-corrected chi connectivity index (χ0v) is 5.55. The molecule has 0 fully saturated rings. The van der Waals surface area contributed by atoms with Crippen LogP contribution in [-0.2, 0) is 0 Å². The maximum absolute atomic E-state index is 5.65. The third-order valence-corrected chi connectivity index (χ3v) is 2.19. The Balaban J connectivity index is 2.65. The SMILES string of the molecule is CC1=C(Cl)C[C@H]1Cl. The Morgan fingerprint density at radius 1 is 1.71 bits per heavy atom. The summed E-state index contributed by atoms with van der Waals surface area (Å²) < 4.78 is 0. The summed E-state index contributed by atoms with van der Waals surface area (Å²) in [6.07, 6.45) is 0.870. The molecule has 0 N–H and O–H groups in total. The molecule has 0 amide bonds. The fourth-order valence-electron chi connectivity index (χ4n) is 0.510. The molecule has 1 aliphatic carbocycles. The summed E-state index contributed by atoms with van der Waals surface area (Å²) in [5.74, 6) is 0. The molecule has 0 aliphatic heterocycles. The smallest absolute Gasteiger partial charge is 0.0605 e. The van der Waals surface area contributed by atoms with E-state index in [2.05, 4.69) is 0 Å². The van der Waals surface area contributed by atoms with E-state index in [9.17, 15) is 0 Å². The van der Waals surface area contributed by atoms with Gasteiger partial charge >= 0.3 is 0 Å². The molecule has 1 rings (SSSR count). The molecule has 0 unspecified atom stereocenters. The van der Waals surface area contributed by atoms with Gasteiger partial charge in [0.15, 0.2) is 0 Å². The highest BCUT2D eigenvalue weighted by Crippen LogP contribution is 2.34. The highest BCUT2D eigenvalue weighted by atomic mass is 35.5. The van der Waals surface area contributed by atoms with E-state index < -0.39 is 0 Å². The minimum atomic E-state index is 0.229. The number of hydrogen-bond donors (Lipinski definition) is 0. The summed E-state index contributed by atoms with van der Waals surface area (Å²) >= 11 is 11.2. The molecule has 7 heavy (non-hydrogen) atoms. The summed E-state index contributed by atoms with van der Waals surface area (Å²) in [5.41, 5.74) is 1.14. The van der Waals surface area contributed by atoms with Gasteiger partial charge in [0.1, 0.15) is 0 Å². The van der Waals surface area contributed by atoms with Gasteiger partial charge in [0.25, 0.3) is 0 Å². The Kier molecular flexibility index (Phi) is 1.31. The van der Waals surface area contributed by atoms with Crippen molar-refractivity contribution < 1.29 is 0 Å². The van der Waals surface area contributed by atoms with Crippen LogP contribution in [-0.4, -0.2) is 5.38 Å². The quantitative estimate of drug-likeness (QED) is 0.450. The van der Waals surface area contributed by atoms with E-state index in [0.29, 0.717) is 0 Å². The van der Waals surface area contributed by atoms with Crippen molar-refractivity contribution in [3.8, 4) is 0 Å². The van der Waals surface area contributed by atoms with Crippen LogP contribution in [0.4, 0.5) is 0 Å². The monoisotopic (exact) mass is 136 g/mol. The molecule has 40 valence electrons. The first-order valence-electron chi connectivity index (χ1n) is 2.21. The Labute approximate surface area is 53.1 Å². The van der Waals surface area contributed by atoms with Crippen LogP contribution in [0.1, 0.15) is 13.3 Å². The van der Waals surface area contributed by atoms with Crippen molar-refractivity contribution in [3.05, 3.63) is 10.6 Å². The average Bonchev–Trinajstić information content (AvgIpc) is 1.68. The van der Waals surface area contributed by atoms with Crippen molar-refractivity contribution in [1.29, 1.82) is 0 Å². The van der Waals surface area contributed by atoms with Crippen LogP contribution < -0.4 is 0 Å². The maximum Gasteiger partial charge on any atom is 0.0605 e. The maximum atomic E-state index is 5.65. The highest BCUT2D eigenvalue weighted by molar-refractivity contribution is 6.34. The molecule has 0 nitrogen and oxygen atoms in total. The third kappa shape index (κ3) is 0.777. The van der Waals surface area contributed by atoms with Gasteiger partial charge in [-0.2, -0.15) is 0 Å². The Hall–Kier alpha value is 0.320. The fourth-order valence-corrected chi connectivity index (χ4v) is 1.22. The predicted molar refractivity (Wildman–Crippen MR) is 32.8 cm³/mol. The molecular weight excluding hydrogens is 131 g/mol. The van der Waals surface area contributed by atoms with Gasteiger partial charge < -0.3 is 0 Å². The van der Waals surface area contributed by atoms with Crippen molar-refractivity contribution in [2.45, 2.75) is 18.7 Å². The van der Waals surface area contributed by atoms with Crippen molar-refractivity contribution in [1.82, 2.24) is 0 Å². The summed E-state index contributed by atoms with van der Waals surface area (Å²) in [4.78, 5) is 0. The molecular formula is C5H6Cl2. The minimum absolute atomic E-state index is 0.229. The summed E-state index contributed by atoms with van der Waals surface area (Å²) in [6.45, 7) is 1.96. The van der Waals surface area contributed by atoms with Gasteiger partial charge in [-0.15, -0.1) is 11.6 Å². The number of rotatable bonds is 0. The molecule has 1 aliphatic rings. The topological polar surface area (TPSA) is 0 Å². The van der Waals surface area contributed by atoms with Crippen LogP contribution in [0.25, 0.3) is 0 Å². The molecule has 0 aromatic rings. The van der Waals surface area contributed by atoms with E-state index in [1.54, 1.807) is 0 Å². The van der Waals surface area contributed by atoms with Crippen LogP contribution in [0, 0.1) is 0 Å². The standard InChI is InChI=1S/C5H6Cl2/c1-3-4(6)2-5(3)7/h4H,2H2,1H3/t4-/m1/s1. The zero-order valence-electron chi connectivity index (χ0n) is 4.04. The van der Waals surface area contributed by atoms with Gasteiger partial charge in [-0.25, -0.2) is 0 Å². The van der Waals surface area contributed by atoms with Crippen molar-refractivity contribution in [2.75, 3.05) is 0 Å². The van der Waals surface area contributed by atoms with Gasteiger partial charge in [-0.05, 0) is 12.5 Å². The van der Waals surface area contributed by atoms with Crippen LogP contribution >= 0.6 is 23.2 Å². The van der Waals surface area contributed by atoms with Crippen LogP contribution in [0.2, 0.25) is 0 Å². The van der Waals surface area contributed by atoms with Gasteiger partial charge in [0, 0.05) is 11.5 Å². The summed E-state index contributed by atoms with van der Waals surface area (Å²) in [6, 6.07) is 0. The molecule has 1 atom stereocenters. The highest BCUT2D eigenvalue weighted by Gasteiger charge is 2.21. The second-order valence-corrected chi connectivity index (χ2v) is 2.74. The lowest BCUT2D eigenvalue weighted by Gasteiger charge is -2.20. The second kappa shape index (κ2) is 1.68. The Morgan fingerprint density at radius 3 is 2.29 bits per heavy atom. The predicted octanol–water partition coefficient (Wildman–Crippen LogP) is 2.51. The van der Waals surface area contributed by atoms with E-state index >= 15 is 0 Å². The van der Waals surface area contributed by atoms with E-state index in [1.807, 2.05) is 6.92 Å². The lowest BCUT2D eigenvalue weighted by atomic mass is 10.0. The third-order valence-electron chi connectivity index (χ3n) is 1.26. The van der Waals surface area contributed by atoms with Crippen LogP contribution in [0.3, 0.4) is 0 Å². The molecule has 0 aromatic heterocycles. The molecule has 0 saturated heterocycles. The summed E-state index contributed by atoms with van der Waals surface area (Å²) in [7, 11) is 0. The molecule has 0 aromatic carbocycles. The van der Waals surface area contributed by atoms with Gasteiger partial charge in [0.2, 0.25) is 0 Å². The molecule has 0 saturated carbocycles. The normalized spacial score (nSPS) is 30.4. The first-order valence-corrected chi connectivity index (χ1v) is 3.02. The number of alkyl halides is 1. The molecule has 0 spiro atoms. The second-order valence-electron chi connectivity index (χ2n) is 1.76. The van der Waals surface area contributed by atoms with Gasteiger partial charge in [-0.3, -0.25) is 0 Å². The Morgan fingerprint density at radius 2 is 2.29 bits per heavy atom. The van der Waals surface area contributed by atoms with Gasteiger partial charge in [-0.1, -0.05) is 11.6 Å². The lowest BCUT2D eigenvalue weighted by molar-refractivity contribution is 0.862. The lowest BCUT2D eigenvalue weighted by Crippen LogP contribution is -2.12. The van der Waals surface area contributed by atoms with E-state index in [-0.39, 0.29) is 5.38 Å².